The fraction of sp³-hybridized carbons (Fsp3) is 0.0175. The normalized spacial score (nSPS) is 10.6. The SMILES string of the molecule is C.N#Cc1cccc(-c2ccccc2-c2nc(-c3ccccc3)c(-c3ccccc3)o2)c1.c1ccc(-c2nc(-c3ccccc3-c3cccc(-c4nn[nH]n4)c3)oc2-c2ccccc2)cc1. The van der Waals surface area contributed by atoms with E-state index in [2.05, 4.69) is 38.8 Å². The van der Waals surface area contributed by atoms with Crippen molar-refractivity contribution < 1.29 is 8.83 Å². The average Bonchev–Trinajstić information content (AvgIpc) is 4.20. The highest BCUT2D eigenvalue weighted by molar-refractivity contribution is 5.86. The van der Waals surface area contributed by atoms with Crippen LogP contribution in [0.3, 0.4) is 0 Å². The van der Waals surface area contributed by atoms with Gasteiger partial charge in [-0.1, -0.05) is 195 Å². The van der Waals surface area contributed by atoms with Crippen LogP contribution in [0.4, 0.5) is 0 Å². The summed E-state index contributed by atoms with van der Waals surface area (Å²) in [6.07, 6.45) is 0. The molecule has 3 aromatic heterocycles. The van der Waals surface area contributed by atoms with Crippen LogP contribution in [0.25, 0.3) is 102 Å². The summed E-state index contributed by atoms with van der Waals surface area (Å²) in [6, 6.07) is 74.2. The zero-order chi connectivity index (χ0) is 43.8. The molecule has 0 bridgehead atoms. The highest BCUT2D eigenvalue weighted by Gasteiger charge is 2.22. The standard InChI is InChI=1S/C28H19N5O.C28H18N2O.CH4/c1-3-10-19(11-4-1)25-26(20-12-5-2-6-13-20)34-28(29-25)24-17-8-7-16-23(24)21-14-9-15-22(18-21)27-30-32-33-31-27;29-19-20-10-9-15-23(18-20)24-16-7-8-17-25(24)28-30-26(21-11-3-1-4-12-21)27(31-28)22-13-5-2-6-14-22;/h1-18H,(H,30,31,32,33);1-18H;1H4. The quantitative estimate of drug-likeness (QED) is 0.152. The van der Waals surface area contributed by atoms with Gasteiger partial charge in [-0.15, -0.1) is 10.2 Å². The molecule has 3 heterocycles. The summed E-state index contributed by atoms with van der Waals surface area (Å²) in [7, 11) is 0. The van der Waals surface area contributed by atoms with Gasteiger partial charge in [-0.3, -0.25) is 0 Å². The Morgan fingerprint density at radius 3 is 1.24 bits per heavy atom. The molecule has 0 amide bonds. The Kier molecular flexibility index (Phi) is 12.4. The molecule has 0 aliphatic heterocycles. The molecule has 0 aliphatic rings. The molecule has 11 rings (SSSR count). The molecular weight excluding hydrogens is 815 g/mol. The molecule has 0 saturated heterocycles. The van der Waals surface area contributed by atoms with E-state index in [0.29, 0.717) is 23.2 Å². The van der Waals surface area contributed by atoms with Crippen LogP contribution >= 0.6 is 0 Å². The number of aromatic nitrogens is 6. The van der Waals surface area contributed by atoms with Gasteiger partial charge in [-0.25, -0.2) is 9.97 Å². The first-order chi connectivity index (χ1) is 32.2. The second kappa shape index (κ2) is 19.4. The Morgan fingerprint density at radius 2 is 0.788 bits per heavy atom. The number of nitriles is 1. The van der Waals surface area contributed by atoms with E-state index in [9.17, 15) is 5.26 Å². The van der Waals surface area contributed by atoms with Crippen molar-refractivity contribution in [3.8, 4) is 108 Å². The summed E-state index contributed by atoms with van der Waals surface area (Å²) in [5.74, 6) is 3.15. The van der Waals surface area contributed by atoms with Crippen molar-refractivity contribution in [2.45, 2.75) is 7.43 Å². The molecule has 316 valence electrons. The Balaban J connectivity index is 0.000000164. The molecule has 9 heteroatoms. The minimum Gasteiger partial charge on any atom is -0.435 e. The molecular formula is C57H41N7O2. The van der Waals surface area contributed by atoms with E-state index in [1.54, 1.807) is 6.07 Å². The molecule has 11 aromatic rings. The molecule has 66 heavy (non-hydrogen) atoms. The summed E-state index contributed by atoms with van der Waals surface area (Å²) < 4.78 is 12.8. The monoisotopic (exact) mass is 855 g/mol. The minimum atomic E-state index is 0. The summed E-state index contributed by atoms with van der Waals surface area (Å²) >= 11 is 0. The largest absolute Gasteiger partial charge is 0.435 e. The van der Waals surface area contributed by atoms with Crippen LogP contribution in [0.2, 0.25) is 0 Å². The van der Waals surface area contributed by atoms with E-state index in [0.717, 1.165) is 84.1 Å². The number of hydrogen-bond donors (Lipinski definition) is 1. The van der Waals surface area contributed by atoms with Gasteiger partial charge >= 0.3 is 0 Å². The Hall–Kier alpha value is -9.26. The number of H-pyrrole nitrogens is 1. The molecule has 0 fully saturated rings. The van der Waals surface area contributed by atoms with Crippen molar-refractivity contribution >= 4 is 0 Å². The van der Waals surface area contributed by atoms with Gasteiger partial charge in [0.15, 0.2) is 11.5 Å². The molecule has 0 aliphatic carbocycles. The molecule has 0 radical (unpaired) electrons. The molecule has 1 N–H and O–H groups in total. The first-order valence-electron chi connectivity index (χ1n) is 21.0. The molecule has 9 nitrogen and oxygen atoms in total. The van der Waals surface area contributed by atoms with E-state index >= 15 is 0 Å². The fourth-order valence-corrected chi connectivity index (χ4v) is 7.73. The summed E-state index contributed by atoms with van der Waals surface area (Å²) in [5, 5.41) is 23.7. The third-order valence-electron chi connectivity index (χ3n) is 10.8. The van der Waals surface area contributed by atoms with Gasteiger partial charge in [0.25, 0.3) is 0 Å². The highest BCUT2D eigenvalue weighted by Crippen LogP contribution is 2.41. The third-order valence-corrected chi connectivity index (χ3v) is 10.8. The topological polar surface area (TPSA) is 130 Å². The van der Waals surface area contributed by atoms with Gasteiger partial charge in [0, 0.05) is 38.9 Å². The van der Waals surface area contributed by atoms with Gasteiger partial charge in [0.2, 0.25) is 17.6 Å². The number of benzene rings is 8. The third kappa shape index (κ3) is 8.84. The Bertz CT molecular complexity index is 3260. The lowest BCUT2D eigenvalue weighted by Crippen LogP contribution is -1.87. The van der Waals surface area contributed by atoms with Crippen molar-refractivity contribution in [1.82, 2.24) is 30.6 Å². The van der Waals surface area contributed by atoms with Crippen molar-refractivity contribution in [1.29, 1.82) is 5.26 Å². The minimum absolute atomic E-state index is 0. The van der Waals surface area contributed by atoms with Crippen LogP contribution in [-0.2, 0) is 0 Å². The smallest absolute Gasteiger partial charge is 0.227 e. The van der Waals surface area contributed by atoms with Gasteiger partial charge in [0.05, 0.1) is 11.6 Å². The van der Waals surface area contributed by atoms with Gasteiger partial charge < -0.3 is 8.83 Å². The second-order valence-electron chi connectivity index (χ2n) is 15.0. The maximum absolute atomic E-state index is 9.31. The molecule has 8 aromatic carbocycles. The molecule has 0 saturated carbocycles. The van der Waals surface area contributed by atoms with Gasteiger partial charge in [-0.2, -0.15) is 10.5 Å². The number of nitrogens with one attached hydrogen (secondary N) is 1. The van der Waals surface area contributed by atoms with E-state index in [-0.39, 0.29) is 7.43 Å². The van der Waals surface area contributed by atoms with E-state index in [1.165, 1.54) is 0 Å². The molecule has 0 unspecified atom stereocenters. The summed E-state index contributed by atoms with van der Waals surface area (Å²) in [4.78, 5) is 9.90. The van der Waals surface area contributed by atoms with Crippen molar-refractivity contribution in [3.63, 3.8) is 0 Å². The number of oxazole rings is 2. The summed E-state index contributed by atoms with van der Waals surface area (Å²) in [5.41, 5.74) is 12.8. The highest BCUT2D eigenvalue weighted by atomic mass is 16.4. The predicted octanol–water partition coefficient (Wildman–Crippen LogP) is 14.4. The Labute approximate surface area is 382 Å². The molecule has 0 atom stereocenters. The van der Waals surface area contributed by atoms with Gasteiger partial charge in [-0.05, 0) is 57.8 Å². The van der Waals surface area contributed by atoms with Crippen LogP contribution in [0.5, 0.6) is 0 Å². The predicted molar refractivity (Wildman–Crippen MR) is 261 cm³/mol. The lowest BCUT2D eigenvalue weighted by Gasteiger charge is -2.08. The Morgan fingerprint density at radius 1 is 0.394 bits per heavy atom. The van der Waals surface area contributed by atoms with E-state index in [4.69, 9.17) is 18.8 Å². The zero-order valence-corrected chi connectivity index (χ0v) is 34.8. The van der Waals surface area contributed by atoms with E-state index in [1.807, 2.05) is 200 Å². The first-order valence-corrected chi connectivity index (χ1v) is 21.0. The maximum atomic E-state index is 9.31. The van der Waals surface area contributed by atoms with Gasteiger partial charge in [0.1, 0.15) is 11.4 Å². The van der Waals surface area contributed by atoms with Crippen molar-refractivity contribution in [2.24, 2.45) is 0 Å². The second-order valence-corrected chi connectivity index (χ2v) is 15.0. The van der Waals surface area contributed by atoms with Crippen LogP contribution in [-0.4, -0.2) is 30.6 Å². The molecule has 0 spiro atoms. The van der Waals surface area contributed by atoms with Crippen LogP contribution in [0.1, 0.15) is 13.0 Å². The first kappa shape index (κ1) is 42.1. The average molecular weight is 856 g/mol. The summed E-state index contributed by atoms with van der Waals surface area (Å²) in [6.45, 7) is 0. The van der Waals surface area contributed by atoms with Crippen molar-refractivity contribution in [2.75, 3.05) is 0 Å². The van der Waals surface area contributed by atoms with Crippen LogP contribution in [0.15, 0.2) is 227 Å². The number of tetrazole rings is 1. The van der Waals surface area contributed by atoms with Crippen LogP contribution in [0, 0.1) is 11.3 Å². The van der Waals surface area contributed by atoms with Crippen molar-refractivity contribution in [3.05, 3.63) is 224 Å². The lowest BCUT2D eigenvalue weighted by atomic mass is 9.98. The lowest BCUT2D eigenvalue weighted by molar-refractivity contribution is 0.589. The fourth-order valence-electron chi connectivity index (χ4n) is 7.73. The number of aromatic amines is 1. The number of nitrogens with zero attached hydrogens (tertiary/aromatic N) is 6. The van der Waals surface area contributed by atoms with E-state index < -0.39 is 0 Å². The zero-order valence-electron chi connectivity index (χ0n) is 34.8. The van der Waals surface area contributed by atoms with Crippen LogP contribution < -0.4 is 0 Å². The maximum Gasteiger partial charge on any atom is 0.227 e. The number of rotatable bonds is 9. The number of hydrogen-bond acceptors (Lipinski definition) is 8.